The summed E-state index contributed by atoms with van der Waals surface area (Å²) in [7, 11) is 3.73. The summed E-state index contributed by atoms with van der Waals surface area (Å²) in [6.45, 7) is 1.95. The largest absolute Gasteiger partial charge is 0.280 e. The van der Waals surface area contributed by atoms with E-state index in [4.69, 9.17) is 0 Å². The van der Waals surface area contributed by atoms with Gasteiger partial charge in [0.2, 0.25) is 17.7 Å². The normalized spacial score (nSPS) is 14.2. The van der Waals surface area contributed by atoms with Gasteiger partial charge in [0.25, 0.3) is 11.5 Å². The highest BCUT2D eigenvalue weighted by Crippen LogP contribution is 2.21. The van der Waals surface area contributed by atoms with Crippen LogP contribution >= 0.6 is 0 Å². The lowest BCUT2D eigenvalue weighted by molar-refractivity contribution is -0.528. The first kappa shape index (κ1) is 9.08. The molecular weight excluding hydrogens is 206 g/mol. The fraction of sp³-hybridized carbons (Fsp3) is 0.333. The van der Waals surface area contributed by atoms with E-state index in [0.29, 0.717) is 0 Å². The zero-order chi connectivity index (χ0) is 11.3. The van der Waals surface area contributed by atoms with Gasteiger partial charge in [0, 0.05) is 21.0 Å². The monoisotopic (exact) mass is 218 g/mol. The lowest BCUT2D eigenvalue weighted by atomic mass is 10.4. The van der Waals surface area contributed by atoms with E-state index in [1.165, 1.54) is 0 Å². The minimum absolute atomic E-state index is 0.810. The van der Waals surface area contributed by atoms with E-state index in [2.05, 4.69) is 20.5 Å². The second-order valence-electron chi connectivity index (χ2n) is 3.62. The van der Waals surface area contributed by atoms with Crippen LogP contribution in [0.25, 0.3) is 11.2 Å². The number of nitrogens with one attached hydrogen (secondary N) is 1. The van der Waals surface area contributed by atoms with E-state index in [-0.39, 0.29) is 0 Å². The topological polar surface area (TPSA) is 62.2 Å². The van der Waals surface area contributed by atoms with Crippen LogP contribution in [0.5, 0.6) is 0 Å². The van der Waals surface area contributed by atoms with E-state index in [9.17, 15) is 0 Å². The van der Waals surface area contributed by atoms with Crippen molar-refractivity contribution in [3.05, 3.63) is 12.7 Å². The fourth-order valence-corrected chi connectivity index (χ4v) is 1.94. The Kier molecular flexibility index (Phi) is 1.65. The molecule has 82 valence electrons. The number of hydrazone groups is 1. The van der Waals surface area contributed by atoms with Crippen molar-refractivity contribution in [2.45, 2.75) is 6.92 Å². The maximum atomic E-state index is 4.38. The average Bonchev–Trinajstić information content (AvgIpc) is 2.66. The SMILES string of the molecule is CNn1c[n+]2c3c(ncnc31)N(C)N=C2C. The summed E-state index contributed by atoms with van der Waals surface area (Å²) in [5, 5.41) is 6.14. The summed E-state index contributed by atoms with van der Waals surface area (Å²) in [6, 6.07) is 0. The van der Waals surface area contributed by atoms with Crippen LogP contribution in [0.2, 0.25) is 0 Å². The van der Waals surface area contributed by atoms with Crippen LogP contribution in [0.1, 0.15) is 6.92 Å². The molecule has 7 nitrogen and oxygen atoms in total. The van der Waals surface area contributed by atoms with Crippen molar-refractivity contribution in [2.24, 2.45) is 5.10 Å². The molecule has 0 bridgehead atoms. The molecule has 7 heteroatoms. The fourth-order valence-electron chi connectivity index (χ4n) is 1.94. The predicted molar refractivity (Wildman–Crippen MR) is 59.9 cm³/mol. The van der Waals surface area contributed by atoms with Gasteiger partial charge < -0.3 is 0 Å². The number of aromatic nitrogens is 4. The third kappa shape index (κ3) is 0.967. The highest BCUT2D eigenvalue weighted by atomic mass is 15.5. The third-order valence-electron chi connectivity index (χ3n) is 2.67. The Hall–Kier alpha value is -2.18. The van der Waals surface area contributed by atoms with Gasteiger partial charge in [0.15, 0.2) is 0 Å². The van der Waals surface area contributed by atoms with Gasteiger partial charge in [-0.1, -0.05) is 0 Å². The van der Waals surface area contributed by atoms with Crippen molar-refractivity contribution >= 4 is 22.8 Å². The van der Waals surface area contributed by atoms with Crippen molar-refractivity contribution in [3.63, 3.8) is 0 Å². The first-order valence-corrected chi connectivity index (χ1v) is 4.97. The lowest BCUT2D eigenvalue weighted by Gasteiger charge is -2.12. The molecule has 0 radical (unpaired) electrons. The van der Waals surface area contributed by atoms with Crippen LogP contribution in [-0.2, 0) is 0 Å². The van der Waals surface area contributed by atoms with Crippen molar-refractivity contribution in [2.75, 3.05) is 24.5 Å². The number of rotatable bonds is 1. The van der Waals surface area contributed by atoms with Crippen molar-refractivity contribution in [3.8, 4) is 0 Å². The van der Waals surface area contributed by atoms with Gasteiger partial charge in [0.1, 0.15) is 6.33 Å². The van der Waals surface area contributed by atoms with Gasteiger partial charge in [0.05, 0.1) is 0 Å². The Balaban J connectivity index is 2.46. The van der Waals surface area contributed by atoms with E-state index in [0.717, 1.165) is 22.8 Å². The van der Waals surface area contributed by atoms with Crippen LogP contribution < -0.4 is 15.0 Å². The first-order chi connectivity index (χ1) is 7.72. The van der Waals surface area contributed by atoms with Gasteiger partial charge in [-0.2, -0.15) is 14.6 Å². The lowest BCUT2D eigenvalue weighted by Crippen LogP contribution is -2.45. The van der Waals surface area contributed by atoms with Gasteiger partial charge in [-0.3, -0.25) is 5.43 Å². The van der Waals surface area contributed by atoms with Crippen LogP contribution in [0.3, 0.4) is 0 Å². The van der Waals surface area contributed by atoms with E-state index in [1.54, 1.807) is 11.3 Å². The van der Waals surface area contributed by atoms with Gasteiger partial charge in [-0.05, 0) is 5.10 Å². The Morgan fingerprint density at radius 3 is 2.94 bits per heavy atom. The van der Waals surface area contributed by atoms with Crippen molar-refractivity contribution < 1.29 is 4.57 Å². The number of hydrogen-bond donors (Lipinski definition) is 1. The summed E-state index contributed by atoms with van der Waals surface area (Å²) in [6.07, 6.45) is 3.46. The van der Waals surface area contributed by atoms with Crippen LogP contribution in [0.15, 0.2) is 17.8 Å². The molecule has 0 atom stereocenters. The Morgan fingerprint density at radius 2 is 2.19 bits per heavy atom. The third-order valence-corrected chi connectivity index (χ3v) is 2.67. The minimum atomic E-state index is 0.810. The molecular formula is C9H12N7+. The van der Waals surface area contributed by atoms with Crippen LogP contribution in [0, 0.1) is 0 Å². The molecule has 3 heterocycles. The molecule has 16 heavy (non-hydrogen) atoms. The van der Waals surface area contributed by atoms with Crippen molar-refractivity contribution in [1.29, 1.82) is 0 Å². The Bertz CT molecular complexity index is 597. The summed E-state index contributed by atoms with van der Waals surface area (Å²) < 4.78 is 3.82. The summed E-state index contributed by atoms with van der Waals surface area (Å²) in [5.74, 6) is 1.70. The number of imidazole rings is 1. The predicted octanol–water partition coefficient (Wildman–Crippen LogP) is -0.477. The minimum Gasteiger partial charge on any atom is -0.280 e. The van der Waals surface area contributed by atoms with E-state index >= 15 is 0 Å². The van der Waals surface area contributed by atoms with Gasteiger partial charge >= 0.3 is 0 Å². The van der Waals surface area contributed by atoms with Gasteiger partial charge in [-0.15, -0.1) is 4.68 Å². The van der Waals surface area contributed by atoms with Crippen LogP contribution in [-0.4, -0.2) is 34.6 Å². The zero-order valence-corrected chi connectivity index (χ0v) is 9.34. The quantitative estimate of drug-likeness (QED) is 0.657. The van der Waals surface area contributed by atoms with Crippen LogP contribution in [0.4, 0.5) is 5.82 Å². The Morgan fingerprint density at radius 1 is 1.38 bits per heavy atom. The van der Waals surface area contributed by atoms with Gasteiger partial charge in [-0.25, -0.2) is 4.98 Å². The second-order valence-corrected chi connectivity index (χ2v) is 3.62. The highest BCUT2D eigenvalue weighted by Gasteiger charge is 2.28. The molecule has 0 spiro atoms. The molecule has 0 saturated heterocycles. The molecule has 0 aliphatic carbocycles. The second kappa shape index (κ2) is 2.91. The summed E-state index contributed by atoms with van der Waals surface area (Å²) >= 11 is 0. The Labute approximate surface area is 92.0 Å². The van der Waals surface area contributed by atoms with Crippen molar-refractivity contribution in [1.82, 2.24) is 14.6 Å². The molecule has 0 fully saturated rings. The smallest absolute Gasteiger partial charge is 0.264 e. The zero-order valence-electron chi connectivity index (χ0n) is 9.34. The van der Waals surface area contributed by atoms with E-state index < -0.39 is 0 Å². The molecule has 2 aromatic rings. The molecule has 0 saturated carbocycles. The number of nitrogens with zero attached hydrogens (tertiary/aromatic N) is 6. The first-order valence-electron chi connectivity index (χ1n) is 4.97. The number of anilines is 1. The molecule has 3 rings (SSSR count). The maximum Gasteiger partial charge on any atom is 0.264 e. The molecule has 0 amide bonds. The molecule has 0 aromatic carbocycles. The average molecular weight is 218 g/mol. The molecule has 2 aromatic heterocycles. The molecule has 0 unspecified atom stereocenters. The standard InChI is InChI=1S/C9H12N7/c1-6-13-14(3)8-7-9(12-4-11-8)16(10-2)5-15(6)7/h4-5,10H,1-3H3/q+1. The number of hydrogen-bond acceptors (Lipinski definition) is 5. The molecule has 1 aliphatic heterocycles. The summed E-state index contributed by atoms with van der Waals surface area (Å²) in [5.41, 5.74) is 4.85. The summed E-state index contributed by atoms with van der Waals surface area (Å²) in [4.78, 5) is 8.52. The maximum absolute atomic E-state index is 4.38. The van der Waals surface area contributed by atoms with E-state index in [1.807, 2.05) is 36.6 Å². The highest BCUT2D eigenvalue weighted by molar-refractivity contribution is 5.88. The molecule has 1 N–H and O–H groups in total. The molecule has 1 aliphatic rings.